The Hall–Kier alpha value is -3.20. The van der Waals surface area contributed by atoms with Gasteiger partial charge in [-0.2, -0.15) is 0 Å². The van der Waals surface area contributed by atoms with E-state index in [1.54, 1.807) is 13.8 Å². The molecule has 9 nitrogen and oxygen atoms in total. The Morgan fingerprint density at radius 2 is 1.37 bits per heavy atom. The fraction of sp³-hybridized carbons (Fsp3) is 0.429. The molecule has 30 heavy (non-hydrogen) atoms. The number of carbonyl (C=O) groups excluding carboxylic acids is 3. The Bertz CT molecular complexity index is 630. The number of aliphatic hydroxyl groups excluding tert-OH is 1. The van der Waals surface area contributed by atoms with Gasteiger partial charge in [-0.15, -0.1) is 0 Å². The smallest absolute Gasteiger partial charge is 0.337 e. The van der Waals surface area contributed by atoms with Gasteiger partial charge in [0.15, 0.2) is 0 Å². The lowest BCUT2D eigenvalue weighted by Gasteiger charge is -2.02. The van der Waals surface area contributed by atoms with Crippen molar-refractivity contribution in [3.05, 3.63) is 48.6 Å². The third-order valence-electron chi connectivity index (χ3n) is 2.63. The van der Waals surface area contributed by atoms with Crippen molar-refractivity contribution in [3.8, 4) is 0 Å². The summed E-state index contributed by atoms with van der Waals surface area (Å²) in [6.45, 7) is 15.5. The van der Waals surface area contributed by atoms with Crippen LogP contribution in [0.1, 0.15) is 33.6 Å². The van der Waals surface area contributed by atoms with E-state index in [4.69, 9.17) is 14.9 Å². The molecule has 9 heteroatoms. The second-order valence-corrected chi connectivity index (χ2v) is 5.60. The number of carboxylic acid groups (broad SMARTS) is 1. The molecule has 0 saturated heterocycles. The van der Waals surface area contributed by atoms with Crippen LogP contribution in [-0.2, 0) is 33.4 Å². The molecule has 0 heterocycles. The van der Waals surface area contributed by atoms with Crippen molar-refractivity contribution in [1.82, 2.24) is 0 Å². The highest BCUT2D eigenvalue weighted by molar-refractivity contribution is 5.93. The van der Waals surface area contributed by atoms with Gasteiger partial charge in [-0.05, 0) is 26.3 Å². The monoisotopic (exact) mass is 428 g/mol. The molecule has 0 aliphatic carbocycles. The van der Waals surface area contributed by atoms with Crippen molar-refractivity contribution >= 4 is 23.9 Å². The van der Waals surface area contributed by atoms with E-state index >= 15 is 0 Å². The summed E-state index contributed by atoms with van der Waals surface area (Å²) in [5, 5.41) is 16.5. The summed E-state index contributed by atoms with van der Waals surface area (Å²) in [5.74, 6) is -2.49. The topological polar surface area (TPSA) is 136 Å². The van der Waals surface area contributed by atoms with Gasteiger partial charge >= 0.3 is 23.9 Å². The van der Waals surface area contributed by atoms with Crippen LogP contribution < -0.4 is 0 Å². The van der Waals surface area contributed by atoms with Crippen molar-refractivity contribution in [1.29, 1.82) is 0 Å². The average Bonchev–Trinajstić information content (AvgIpc) is 2.70. The van der Waals surface area contributed by atoms with Gasteiger partial charge in [-0.25, -0.2) is 19.2 Å². The van der Waals surface area contributed by atoms with E-state index in [9.17, 15) is 19.2 Å². The molecule has 0 aliphatic heterocycles. The summed E-state index contributed by atoms with van der Waals surface area (Å²) < 4.78 is 13.5. The summed E-state index contributed by atoms with van der Waals surface area (Å²) in [5.41, 5.74) is 0.828. The minimum atomic E-state index is -1.12. The summed E-state index contributed by atoms with van der Waals surface area (Å²) in [7, 11) is 1.33. The molecule has 0 fully saturated rings. The van der Waals surface area contributed by atoms with E-state index in [0.717, 1.165) is 25.0 Å². The molecule has 0 atom stereocenters. The first-order chi connectivity index (χ1) is 13.9. The minimum Gasteiger partial charge on any atom is -0.478 e. The highest BCUT2D eigenvalue weighted by Crippen LogP contribution is 1.98. The normalized spacial score (nSPS) is 9.10. The van der Waals surface area contributed by atoms with Crippen LogP contribution in [0.5, 0.6) is 0 Å². The quantitative estimate of drug-likeness (QED) is 0.177. The summed E-state index contributed by atoms with van der Waals surface area (Å²) in [6, 6.07) is 0. The molecule has 0 saturated carbocycles. The third kappa shape index (κ3) is 22.8. The van der Waals surface area contributed by atoms with Gasteiger partial charge in [-0.3, -0.25) is 0 Å². The second kappa shape index (κ2) is 20.5. The number of unbranched alkanes of at least 4 members (excludes halogenated alkanes) is 1. The van der Waals surface area contributed by atoms with E-state index in [1.165, 1.54) is 7.11 Å². The maximum absolute atomic E-state index is 11.1. The predicted molar refractivity (Wildman–Crippen MR) is 111 cm³/mol. The van der Waals surface area contributed by atoms with Gasteiger partial charge in [0.2, 0.25) is 0 Å². The minimum absolute atomic E-state index is 0.0449. The van der Waals surface area contributed by atoms with Crippen LogP contribution in [0.15, 0.2) is 48.6 Å². The first kappa shape index (κ1) is 31.5. The van der Waals surface area contributed by atoms with Crippen LogP contribution in [0.2, 0.25) is 0 Å². The molecule has 0 aromatic heterocycles. The molecule has 0 rings (SSSR count). The van der Waals surface area contributed by atoms with Crippen LogP contribution in [0.25, 0.3) is 0 Å². The second-order valence-electron chi connectivity index (χ2n) is 5.60. The maximum atomic E-state index is 11.1. The van der Waals surface area contributed by atoms with Crippen LogP contribution >= 0.6 is 0 Å². The van der Waals surface area contributed by atoms with Gasteiger partial charge in [0.1, 0.15) is 6.61 Å². The van der Waals surface area contributed by atoms with Gasteiger partial charge in [0, 0.05) is 17.2 Å². The molecule has 0 radical (unpaired) electrons. The molecular weight excluding hydrogens is 396 g/mol. The van der Waals surface area contributed by atoms with Crippen molar-refractivity contribution in [2.45, 2.75) is 33.6 Å². The number of hydrogen-bond donors (Lipinski definition) is 2. The molecule has 170 valence electrons. The number of carbonyl (C=O) groups is 4. The van der Waals surface area contributed by atoms with Gasteiger partial charge in [0.05, 0.1) is 25.9 Å². The van der Waals surface area contributed by atoms with E-state index < -0.39 is 17.9 Å². The van der Waals surface area contributed by atoms with Crippen molar-refractivity contribution in [2.75, 3.05) is 26.9 Å². The number of rotatable bonds is 10. The molecule has 0 aromatic rings. The van der Waals surface area contributed by atoms with Crippen molar-refractivity contribution < 1.29 is 43.6 Å². The molecule has 0 bridgehead atoms. The molecule has 0 aromatic carbocycles. The number of hydrogen-bond acceptors (Lipinski definition) is 8. The zero-order valence-corrected chi connectivity index (χ0v) is 18.1. The summed E-state index contributed by atoms with van der Waals surface area (Å²) in [6.07, 6.45) is 3.70. The lowest BCUT2D eigenvalue weighted by molar-refractivity contribution is -0.140. The summed E-state index contributed by atoms with van der Waals surface area (Å²) >= 11 is 0. The maximum Gasteiger partial charge on any atom is 0.337 e. The largest absolute Gasteiger partial charge is 0.478 e. The SMILES string of the molecule is C=C(C)C(=O)OC.C=C(C)C(=O)OCCO.C=C(C=CC(=O)O)C(=O)OCCCC. The zero-order valence-electron chi connectivity index (χ0n) is 18.1. The standard InChI is InChI=1S/C10H14O4.C6H10O3.C5H8O2/c1-3-4-7-14-10(13)8(2)5-6-9(11)12;1-5(2)6(8)9-4-3-7;1-4(2)5(6)7-3/h5-6H,2-4,7H2,1H3,(H,11,12);7H,1,3-4H2,2H3;1H2,2-3H3. The Labute approximate surface area is 177 Å². The Morgan fingerprint density at radius 3 is 1.70 bits per heavy atom. The van der Waals surface area contributed by atoms with Gasteiger partial charge in [-0.1, -0.05) is 33.1 Å². The molecule has 2 N–H and O–H groups in total. The van der Waals surface area contributed by atoms with Crippen molar-refractivity contribution in [2.24, 2.45) is 0 Å². The number of methoxy groups -OCH3 is 1. The Morgan fingerprint density at radius 1 is 0.867 bits per heavy atom. The number of esters is 3. The number of aliphatic hydroxyl groups is 1. The highest BCUT2D eigenvalue weighted by Gasteiger charge is 2.04. The molecule has 0 unspecified atom stereocenters. The highest BCUT2D eigenvalue weighted by atomic mass is 16.5. The molecule has 0 amide bonds. The molecular formula is C21H32O9. The van der Waals surface area contributed by atoms with Crippen LogP contribution in [-0.4, -0.2) is 61.0 Å². The lowest BCUT2D eigenvalue weighted by atomic mass is 10.3. The Kier molecular flexibility index (Phi) is 21.6. The fourth-order valence-electron chi connectivity index (χ4n) is 1.08. The third-order valence-corrected chi connectivity index (χ3v) is 2.63. The molecule has 0 aliphatic rings. The van der Waals surface area contributed by atoms with E-state index in [1.807, 2.05) is 6.92 Å². The van der Waals surface area contributed by atoms with Gasteiger partial charge in [0.25, 0.3) is 0 Å². The average molecular weight is 428 g/mol. The number of aliphatic carboxylic acids is 1. The van der Waals surface area contributed by atoms with Crippen molar-refractivity contribution in [3.63, 3.8) is 0 Å². The van der Waals surface area contributed by atoms with Crippen LogP contribution in [0, 0.1) is 0 Å². The van der Waals surface area contributed by atoms with Crippen LogP contribution in [0.4, 0.5) is 0 Å². The first-order valence-corrected chi connectivity index (χ1v) is 8.88. The van der Waals surface area contributed by atoms with E-state index in [-0.39, 0.29) is 24.8 Å². The molecule has 0 spiro atoms. The number of carboxylic acids is 1. The Balaban J connectivity index is -0.000000393. The zero-order chi connectivity index (χ0) is 24.1. The predicted octanol–water partition coefficient (Wildman–Crippen LogP) is 2.36. The lowest BCUT2D eigenvalue weighted by Crippen LogP contribution is -2.08. The van der Waals surface area contributed by atoms with E-state index in [2.05, 4.69) is 29.2 Å². The van der Waals surface area contributed by atoms with E-state index in [0.29, 0.717) is 17.8 Å². The first-order valence-electron chi connectivity index (χ1n) is 8.88. The number of ether oxygens (including phenoxy) is 3. The van der Waals surface area contributed by atoms with Crippen LogP contribution in [0.3, 0.4) is 0 Å². The fourth-order valence-corrected chi connectivity index (χ4v) is 1.08. The summed E-state index contributed by atoms with van der Waals surface area (Å²) in [4.78, 5) is 41.8. The van der Waals surface area contributed by atoms with Gasteiger partial charge < -0.3 is 24.4 Å².